The molecule has 1 aromatic carbocycles. The van der Waals surface area contributed by atoms with E-state index in [-0.39, 0.29) is 5.82 Å². The van der Waals surface area contributed by atoms with Gasteiger partial charge in [-0.05, 0) is 30.7 Å². The third-order valence-corrected chi connectivity index (χ3v) is 2.83. The van der Waals surface area contributed by atoms with E-state index in [0.29, 0.717) is 24.2 Å². The van der Waals surface area contributed by atoms with E-state index in [1.165, 1.54) is 6.07 Å². The van der Waals surface area contributed by atoms with Crippen LogP contribution in [0.3, 0.4) is 0 Å². The van der Waals surface area contributed by atoms with Crippen LogP contribution in [0.1, 0.15) is 18.4 Å². The van der Waals surface area contributed by atoms with Crippen LogP contribution in [0.2, 0.25) is 0 Å². The molecule has 0 spiro atoms. The lowest BCUT2D eigenvalue weighted by Gasteiger charge is -2.28. The number of hydrogen-bond acceptors (Lipinski definition) is 2. The maximum atomic E-state index is 13.1. The standard InChI is InChI=1S/C12H14FNO/c1-9-8-10(2-3-12(9)13)14-6-4-11(15)5-7-14/h2-3,8H,4-7H2,1H3. The van der Waals surface area contributed by atoms with E-state index in [2.05, 4.69) is 4.90 Å². The SMILES string of the molecule is Cc1cc(N2CCC(=O)CC2)ccc1F. The van der Waals surface area contributed by atoms with Crippen molar-refractivity contribution in [2.45, 2.75) is 19.8 Å². The van der Waals surface area contributed by atoms with Crippen molar-refractivity contribution in [1.82, 2.24) is 0 Å². The maximum absolute atomic E-state index is 13.1. The van der Waals surface area contributed by atoms with Gasteiger partial charge in [0.05, 0.1) is 0 Å². The van der Waals surface area contributed by atoms with E-state index >= 15 is 0 Å². The van der Waals surface area contributed by atoms with Gasteiger partial charge in [0.2, 0.25) is 0 Å². The summed E-state index contributed by atoms with van der Waals surface area (Å²) >= 11 is 0. The average Bonchev–Trinajstić information content (AvgIpc) is 2.23. The Bertz CT molecular complexity index is 379. The van der Waals surface area contributed by atoms with Gasteiger partial charge >= 0.3 is 0 Å². The van der Waals surface area contributed by atoms with Gasteiger partial charge in [-0.2, -0.15) is 0 Å². The summed E-state index contributed by atoms with van der Waals surface area (Å²) in [6, 6.07) is 5.10. The molecule has 0 radical (unpaired) electrons. The molecule has 0 aliphatic carbocycles. The molecule has 0 saturated carbocycles. The number of Topliss-reactive ketones (excluding diaryl/α,β-unsaturated/α-hetero) is 1. The number of anilines is 1. The van der Waals surface area contributed by atoms with Crippen molar-refractivity contribution in [3.05, 3.63) is 29.6 Å². The first-order chi connectivity index (χ1) is 7.16. The molecule has 1 aromatic rings. The lowest BCUT2D eigenvalue weighted by atomic mass is 10.1. The van der Waals surface area contributed by atoms with Crippen molar-refractivity contribution < 1.29 is 9.18 Å². The molecule has 0 atom stereocenters. The number of halogens is 1. The smallest absolute Gasteiger partial charge is 0.136 e. The Morgan fingerprint density at radius 2 is 1.93 bits per heavy atom. The van der Waals surface area contributed by atoms with Gasteiger partial charge in [0, 0.05) is 31.6 Å². The molecule has 0 bridgehead atoms. The number of nitrogens with zero attached hydrogens (tertiary/aromatic N) is 1. The van der Waals surface area contributed by atoms with Crippen LogP contribution in [0, 0.1) is 12.7 Å². The Labute approximate surface area is 88.7 Å². The van der Waals surface area contributed by atoms with Gasteiger partial charge in [-0.1, -0.05) is 0 Å². The second-order valence-corrected chi connectivity index (χ2v) is 3.96. The topological polar surface area (TPSA) is 20.3 Å². The number of rotatable bonds is 1. The second-order valence-electron chi connectivity index (χ2n) is 3.96. The molecule has 0 aromatic heterocycles. The summed E-state index contributed by atoms with van der Waals surface area (Å²) in [5.74, 6) is 0.150. The molecular formula is C12H14FNO. The highest BCUT2D eigenvalue weighted by atomic mass is 19.1. The van der Waals surface area contributed by atoms with Crippen LogP contribution >= 0.6 is 0 Å². The largest absolute Gasteiger partial charge is 0.371 e. The number of aryl methyl sites for hydroxylation is 1. The van der Waals surface area contributed by atoms with Crippen molar-refractivity contribution in [2.24, 2.45) is 0 Å². The van der Waals surface area contributed by atoms with Crippen molar-refractivity contribution in [3.8, 4) is 0 Å². The number of ketones is 1. The first kappa shape index (κ1) is 10.1. The predicted octanol–water partition coefficient (Wildman–Crippen LogP) is 2.30. The first-order valence-electron chi connectivity index (χ1n) is 5.19. The lowest BCUT2D eigenvalue weighted by molar-refractivity contribution is -0.119. The van der Waals surface area contributed by atoms with Gasteiger partial charge in [-0.3, -0.25) is 4.79 Å². The van der Waals surface area contributed by atoms with E-state index in [0.717, 1.165) is 18.8 Å². The fourth-order valence-corrected chi connectivity index (χ4v) is 1.84. The molecule has 1 fully saturated rings. The summed E-state index contributed by atoms with van der Waals surface area (Å²) < 4.78 is 13.1. The number of piperidine rings is 1. The molecule has 2 rings (SSSR count). The van der Waals surface area contributed by atoms with E-state index in [9.17, 15) is 9.18 Å². The minimum absolute atomic E-state index is 0.174. The molecule has 2 nitrogen and oxygen atoms in total. The molecule has 0 amide bonds. The third-order valence-electron chi connectivity index (χ3n) is 2.83. The van der Waals surface area contributed by atoms with Crippen LogP contribution in [0.25, 0.3) is 0 Å². The lowest BCUT2D eigenvalue weighted by Crippen LogP contribution is -2.33. The molecule has 80 valence electrons. The highest BCUT2D eigenvalue weighted by molar-refractivity contribution is 5.81. The summed E-state index contributed by atoms with van der Waals surface area (Å²) in [5, 5.41) is 0. The molecule has 1 saturated heterocycles. The Balaban J connectivity index is 2.16. The van der Waals surface area contributed by atoms with E-state index in [4.69, 9.17) is 0 Å². The second kappa shape index (κ2) is 4.01. The van der Waals surface area contributed by atoms with Gasteiger partial charge in [-0.15, -0.1) is 0 Å². The number of carbonyl (C=O) groups is 1. The van der Waals surface area contributed by atoms with Crippen LogP contribution < -0.4 is 4.90 Å². The summed E-state index contributed by atoms with van der Waals surface area (Å²) in [7, 11) is 0. The van der Waals surface area contributed by atoms with Gasteiger partial charge in [0.25, 0.3) is 0 Å². The summed E-state index contributed by atoms with van der Waals surface area (Å²) in [6.07, 6.45) is 1.22. The number of benzene rings is 1. The van der Waals surface area contributed by atoms with Crippen LogP contribution in [0.5, 0.6) is 0 Å². The van der Waals surface area contributed by atoms with Crippen molar-refractivity contribution in [1.29, 1.82) is 0 Å². The fourth-order valence-electron chi connectivity index (χ4n) is 1.84. The molecule has 0 N–H and O–H groups in total. The fraction of sp³-hybridized carbons (Fsp3) is 0.417. The highest BCUT2D eigenvalue weighted by Gasteiger charge is 2.16. The number of carbonyl (C=O) groups excluding carboxylic acids is 1. The molecule has 1 heterocycles. The zero-order chi connectivity index (χ0) is 10.8. The minimum Gasteiger partial charge on any atom is -0.371 e. The Kier molecular flexibility index (Phi) is 2.71. The van der Waals surface area contributed by atoms with Crippen LogP contribution in [0.15, 0.2) is 18.2 Å². The summed E-state index contributed by atoms with van der Waals surface area (Å²) in [5.41, 5.74) is 1.67. The zero-order valence-electron chi connectivity index (χ0n) is 8.79. The van der Waals surface area contributed by atoms with Crippen molar-refractivity contribution >= 4 is 11.5 Å². The van der Waals surface area contributed by atoms with Gasteiger partial charge in [0.15, 0.2) is 0 Å². The Morgan fingerprint density at radius 1 is 1.27 bits per heavy atom. The highest BCUT2D eigenvalue weighted by Crippen LogP contribution is 2.21. The third kappa shape index (κ3) is 2.17. The Hall–Kier alpha value is -1.38. The van der Waals surface area contributed by atoms with Crippen LogP contribution in [-0.4, -0.2) is 18.9 Å². The van der Waals surface area contributed by atoms with Crippen LogP contribution in [-0.2, 0) is 4.79 Å². The molecule has 1 aliphatic rings. The summed E-state index contributed by atoms with van der Waals surface area (Å²) in [4.78, 5) is 13.2. The quantitative estimate of drug-likeness (QED) is 0.704. The first-order valence-corrected chi connectivity index (χ1v) is 5.19. The maximum Gasteiger partial charge on any atom is 0.136 e. The number of hydrogen-bond donors (Lipinski definition) is 0. The molecule has 1 aliphatic heterocycles. The average molecular weight is 207 g/mol. The van der Waals surface area contributed by atoms with Crippen LogP contribution in [0.4, 0.5) is 10.1 Å². The molecular weight excluding hydrogens is 193 g/mol. The monoisotopic (exact) mass is 207 g/mol. The minimum atomic E-state index is -0.174. The van der Waals surface area contributed by atoms with E-state index in [1.807, 2.05) is 6.07 Å². The Morgan fingerprint density at radius 3 is 2.53 bits per heavy atom. The summed E-state index contributed by atoms with van der Waals surface area (Å²) in [6.45, 7) is 3.27. The molecule has 15 heavy (non-hydrogen) atoms. The molecule has 3 heteroatoms. The molecule has 0 unspecified atom stereocenters. The predicted molar refractivity (Wildman–Crippen MR) is 57.6 cm³/mol. The zero-order valence-corrected chi connectivity index (χ0v) is 8.79. The van der Waals surface area contributed by atoms with Crippen molar-refractivity contribution in [2.75, 3.05) is 18.0 Å². The normalized spacial score (nSPS) is 16.9. The van der Waals surface area contributed by atoms with Gasteiger partial charge in [0.1, 0.15) is 11.6 Å². The van der Waals surface area contributed by atoms with Gasteiger partial charge < -0.3 is 4.90 Å². The van der Waals surface area contributed by atoms with E-state index in [1.54, 1.807) is 13.0 Å². The van der Waals surface area contributed by atoms with Gasteiger partial charge in [-0.25, -0.2) is 4.39 Å². The van der Waals surface area contributed by atoms with Crippen molar-refractivity contribution in [3.63, 3.8) is 0 Å². The van der Waals surface area contributed by atoms with E-state index < -0.39 is 0 Å².